The number of methoxy groups -OCH3 is 1. The third-order valence-corrected chi connectivity index (χ3v) is 13.2. The van der Waals surface area contributed by atoms with Gasteiger partial charge in [-0.05, 0) is 85.3 Å². The summed E-state index contributed by atoms with van der Waals surface area (Å²) < 4.78 is 69.6. The summed E-state index contributed by atoms with van der Waals surface area (Å²) in [5.74, 6) is 0.392. The Morgan fingerprint density at radius 3 is 2.57 bits per heavy atom. The molecular formula is C47H43ClFN5O9S2. The number of nitrogens with zero attached hydrogens (tertiary/aromatic N) is 5. The van der Waals surface area contributed by atoms with Crippen molar-refractivity contribution in [2.24, 2.45) is 0 Å². The van der Waals surface area contributed by atoms with E-state index >= 15 is 0 Å². The summed E-state index contributed by atoms with van der Waals surface area (Å²) in [5, 5.41) is 11.5. The molecule has 65 heavy (non-hydrogen) atoms. The standard InChI is InChI=1S/C47H43ClFN5O9S2/c1-27-34-14-16-38(42(27)48)62-33(23-54(2)19-20-65(4,57)58)25-60-32-13-15-36(61-24-31-17-18-50-44(53-31)35-7-5-6-8-37(35)59-3)29(21-32)22-39(47(55)56)63-45-41-40(34)43(64-46(41)52-26-51-45)28-9-11-30(49)12-10-28/h5-18,21,26,33,39H,19-20,22-25H2,1-4H3,(H,55,56)/t33-,39-/m1/s1. The largest absolute Gasteiger partial charge is 0.496 e. The van der Waals surface area contributed by atoms with Crippen LogP contribution in [0, 0.1) is 12.7 Å². The first-order chi connectivity index (χ1) is 31.2. The van der Waals surface area contributed by atoms with Gasteiger partial charge in [-0.15, -0.1) is 11.3 Å². The van der Waals surface area contributed by atoms with Crippen LogP contribution < -0.4 is 23.7 Å². The number of para-hydroxylation sites is 1. The van der Waals surface area contributed by atoms with Gasteiger partial charge in [-0.3, -0.25) is 0 Å². The highest BCUT2D eigenvalue weighted by molar-refractivity contribution is 7.90. The molecule has 2 aliphatic rings. The van der Waals surface area contributed by atoms with Gasteiger partial charge in [-0.1, -0.05) is 41.9 Å². The van der Waals surface area contributed by atoms with Crippen LogP contribution in [0.1, 0.15) is 16.8 Å². The fourth-order valence-corrected chi connectivity index (χ4v) is 9.39. The summed E-state index contributed by atoms with van der Waals surface area (Å²) in [6.45, 7) is 2.33. The van der Waals surface area contributed by atoms with Crippen molar-refractivity contribution in [3.8, 4) is 61.8 Å². The summed E-state index contributed by atoms with van der Waals surface area (Å²) in [7, 11) is 0.115. The molecule has 1 N–H and O–H groups in total. The van der Waals surface area contributed by atoms with E-state index in [1.807, 2.05) is 42.2 Å². The van der Waals surface area contributed by atoms with Crippen LogP contribution in [0.2, 0.25) is 5.02 Å². The lowest BCUT2D eigenvalue weighted by atomic mass is 9.96. The number of thiophene rings is 1. The minimum Gasteiger partial charge on any atom is -0.496 e. The second-order valence-electron chi connectivity index (χ2n) is 15.4. The smallest absolute Gasteiger partial charge is 0.345 e. The fraction of sp³-hybridized carbons (Fsp3) is 0.255. The summed E-state index contributed by atoms with van der Waals surface area (Å²) >= 11 is 8.47. The van der Waals surface area contributed by atoms with E-state index in [1.165, 1.54) is 36.1 Å². The molecule has 9 rings (SSSR count). The molecule has 0 amide bonds. The highest BCUT2D eigenvalue weighted by Crippen LogP contribution is 2.49. The lowest BCUT2D eigenvalue weighted by molar-refractivity contribution is -0.145. The van der Waals surface area contributed by atoms with Gasteiger partial charge in [-0.25, -0.2) is 37.5 Å². The number of rotatable bonds is 12. The maximum Gasteiger partial charge on any atom is 0.345 e. The maximum absolute atomic E-state index is 14.3. The molecule has 0 saturated carbocycles. The molecule has 0 unspecified atom stereocenters. The number of hydrogen-bond acceptors (Lipinski definition) is 14. The van der Waals surface area contributed by atoms with E-state index in [-0.39, 0.29) is 44.4 Å². The van der Waals surface area contributed by atoms with E-state index in [0.717, 1.165) is 0 Å². The number of hydrogen-bond donors (Lipinski definition) is 1. The Morgan fingerprint density at radius 1 is 1.00 bits per heavy atom. The normalized spacial score (nSPS) is 15.2. The van der Waals surface area contributed by atoms with Gasteiger partial charge in [0.15, 0.2) is 5.82 Å². The highest BCUT2D eigenvalue weighted by atomic mass is 35.5. The molecule has 7 aromatic rings. The minimum atomic E-state index is -3.25. The average Bonchev–Trinajstić information content (AvgIpc) is 3.68. The molecule has 4 bridgehead atoms. The van der Waals surface area contributed by atoms with Gasteiger partial charge in [0.25, 0.3) is 0 Å². The van der Waals surface area contributed by atoms with Crippen molar-refractivity contribution < 1.29 is 46.4 Å². The van der Waals surface area contributed by atoms with Crippen molar-refractivity contribution in [2.75, 3.05) is 45.9 Å². The van der Waals surface area contributed by atoms with Crippen LogP contribution in [0.15, 0.2) is 97.5 Å². The highest BCUT2D eigenvalue weighted by Gasteiger charge is 2.30. The Labute approximate surface area is 383 Å². The Morgan fingerprint density at radius 2 is 1.80 bits per heavy atom. The van der Waals surface area contributed by atoms with Crippen molar-refractivity contribution in [1.29, 1.82) is 0 Å². The number of sulfone groups is 1. The first-order valence-electron chi connectivity index (χ1n) is 20.3. The number of carboxylic acids is 1. The van der Waals surface area contributed by atoms with Crippen molar-refractivity contribution in [3.05, 3.63) is 125 Å². The Balaban J connectivity index is 1.22. The lowest BCUT2D eigenvalue weighted by Crippen LogP contribution is -2.39. The van der Waals surface area contributed by atoms with Gasteiger partial charge in [0.2, 0.25) is 12.0 Å². The molecule has 14 nitrogen and oxygen atoms in total. The van der Waals surface area contributed by atoms with E-state index < -0.39 is 33.8 Å². The second-order valence-corrected chi connectivity index (χ2v) is 19.1. The molecule has 4 aromatic carbocycles. The molecule has 2 aliphatic heterocycles. The van der Waals surface area contributed by atoms with Gasteiger partial charge in [0, 0.05) is 48.0 Å². The monoisotopic (exact) mass is 939 g/mol. The fourth-order valence-electron chi connectivity index (χ4n) is 7.38. The third-order valence-electron chi connectivity index (χ3n) is 10.7. The number of benzene rings is 4. The molecule has 18 heteroatoms. The predicted octanol–water partition coefficient (Wildman–Crippen LogP) is 8.36. The van der Waals surface area contributed by atoms with Crippen LogP contribution in [0.25, 0.3) is 43.2 Å². The molecule has 0 aliphatic carbocycles. The zero-order chi connectivity index (χ0) is 45.8. The van der Waals surface area contributed by atoms with Gasteiger partial charge in [-0.2, -0.15) is 0 Å². The lowest BCUT2D eigenvalue weighted by Gasteiger charge is -2.26. The van der Waals surface area contributed by atoms with Crippen molar-refractivity contribution in [3.63, 3.8) is 0 Å². The van der Waals surface area contributed by atoms with Crippen LogP contribution in [-0.2, 0) is 27.7 Å². The number of likely N-dealkylation sites (N-methyl/N-ethyl adjacent to an activating group) is 1. The molecule has 0 saturated heterocycles. The van der Waals surface area contributed by atoms with Crippen molar-refractivity contribution in [1.82, 2.24) is 24.8 Å². The molecule has 0 radical (unpaired) electrons. The number of carbonyl (C=O) groups is 1. The van der Waals surface area contributed by atoms with E-state index in [2.05, 4.69) is 15.0 Å². The maximum atomic E-state index is 14.3. The van der Waals surface area contributed by atoms with Crippen LogP contribution in [-0.4, -0.2) is 102 Å². The zero-order valence-corrected chi connectivity index (χ0v) is 38.0. The number of aromatic nitrogens is 4. The summed E-state index contributed by atoms with van der Waals surface area (Å²) in [5.41, 5.74) is 4.26. The Bertz CT molecular complexity index is 2990. The van der Waals surface area contributed by atoms with E-state index in [0.29, 0.717) is 88.0 Å². The molecule has 0 spiro atoms. The third kappa shape index (κ3) is 10.4. The molecule has 336 valence electrons. The van der Waals surface area contributed by atoms with Crippen LogP contribution in [0.4, 0.5) is 4.39 Å². The van der Waals surface area contributed by atoms with Gasteiger partial charge in [0.1, 0.15) is 69.1 Å². The molecule has 3 aromatic heterocycles. The average molecular weight is 940 g/mol. The first-order valence-corrected chi connectivity index (χ1v) is 23.6. The molecule has 2 atom stereocenters. The number of halogens is 2. The van der Waals surface area contributed by atoms with Crippen LogP contribution >= 0.6 is 22.9 Å². The molecular weight excluding hydrogens is 897 g/mol. The van der Waals surface area contributed by atoms with Crippen molar-refractivity contribution >= 4 is 49.0 Å². The summed E-state index contributed by atoms with van der Waals surface area (Å²) in [6, 6.07) is 23.8. The number of aliphatic carboxylic acids is 1. The minimum absolute atomic E-state index is 0.000485. The molecule has 0 fully saturated rings. The Kier molecular flexibility index (Phi) is 13.5. The van der Waals surface area contributed by atoms with E-state index in [1.54, 1.807) is 62.8 Å². The van der Waals surface area contributed by atoms with E-state index in [9.17, 15) is 22.7 Å². The van der Waals surface area contributed by atoms with Crippen molar-refractivity contribution in [2.45, 2.75) is 32.2 Å². The van der Waals surface area contributed by atoms with E-state index in [4.69, 9.17) is 40.3 Å². The second kappa shape index (κ2) is 19.4. The van der Waals surface area contributed by atoms with Crippen LogP contribution in [0.5, 0.6) is 28.9 Å². The molecule has 5 heterocycles. The first kappa shape index (κ1) is 45.2. The van der Waals surface area contributed by atoms with Crippen LogP contribution in [0.3, 0.4) is 0 Å². The number of fused-ring (bicyclic) bond motifs is 7. The quantitative estimate of drug-likeness (QED) is 0.124. The number of ether oxygens (including phenoxy) is 5. The SMILES string of the molecule is COc1ccccc1-c1nccc(COc2ccc3cc2C[C@H](C(=O)O)Oc2ncnc4sc(-c5ccc(F)cc5)c(c24)-c2ccc(c(Cl)c2C)O[C@H](CN(C)CCS(C)(=O)=O)CO3)n1. The van der Waals surface area contributed by atoms with Gasteiger partial charge < -0.3 is 33.7 Å². The predicted molar refractivity (Wildman–Crippen MR) is 246 cm³/mol. The Hall–Kier alpha value is -6.40. The summed E-state index contributed by atoms with van der Waals surface area (Å²) in [6.07, 6.45) is 1.76. The summed E-state index contributed by atoms with van der Waals surface area (Å²) in [4.78, 5) is 34.5. The zero-order valence-electron chi connectivity index (χ0n) is 35.7. The topological polar surface area (TPSA) is 172 Å². The van der Waals surface area contributed by atoms with Gasteiger partial charge >= 0.3 is 5.97 Å². The number of carboxylic acid groups (broad SMARTS) is 1. The van der Waals surface area contributed by atoms with Gasteiger partial charge in [0.05, 0.1) is 34.5 Å².